The Hall–Kier alpha value is -4.31. The smallest absolute Gasteiger partial charge is 0.248 e. The third-order valence-electron chi connectivity index (χ3n) is 7.82. The normalized spacial score (nSPS) is 18.9. The van der Waals surface area contributed by atoms with E-state index in [9.17, 15) is 9.59 Å². The number of halogens is 1. The number of para-hydroxylation sites is 1. The number of aromatic nitrogens is 4. The van der Waals surface area contributed by atoms with Crippen molar-refractivity contribution in [2.45, 2.75) is 38.9 Å². The lowest BCUT2D eigenvalue weighted by molar-refractivity contribution is -0.139. The molecule has 0 spiro atoms. The summed E-state index contributed by atoms with van der Waals surface area (Å²) in [4.78, 5) is 42.4. The maximum atomic E-state index is 14.1. The maximum absolute atomic E-state index is 14.1. The number of nitrogens with two attached hydrogens (primary N) is 1. The third-order valence-corrected chi connectivity index (χ3v) is 8.26. The summed E-state index contributed by atoms with van der Waals surface area (Å²) < 4.78 is 2.53. The van der Waals surface area contributed by atoms with E-state index in [0.29, 0.717) is 33.7 Å². The van der Waals surface area contributed by atoms with Crippen molar-refractivity contribution in [1.29, 1.82) is 0 Å². The second-order valence-electron chi connectivity index (χ2n) is 10.2. The first-order chi connectivity index (χ1) is 19.3. The van der Waals surface area contributed by atoms with Crippen molar-refractivity contribution in [1.82, 2.24) is 24.4 Å². The highest BCUT2D eigenvalue weighted by Gasteiger charge is 2.43. The second kappa shape index (κ2) is 10.3. The van der Waals surface area contributed by atoms with Crippen LogP contribution in [0.2, 0.25) is 0 Å². The van der Waals surface area contributed by atoms with E-state index in [2.05, 4.69) is 43.1 Å². The fourth-order valence-corrected chi connectivity index (χ4v) is 6.10. The molecule has 5 aromatic rings. The van der Waals surface area contributed by atoms with Crippen LogP contribution in [0.5, 0.6) is 0 Å². The predicted molar refractivity (Wildman–Crippen MR) is 159 cm³/mol. The van der Waals surface area contributed by atoms with Crippen LogP contribution >= 0.6 is 15.9 Å². The lowest BCUT2D eigenvalue weighted by atomic mass is 10.0. The number of amides is 2. The standard InChI is InChI=1S/C30H28BrN7O2/c1-17-14-22(30(40)36-24-13-7-12-23(31)35-24)38(18(17)2)25(39)15-37-27-20(19-8-4-3-5-9-19)10-6-11-21(27)26-28(32)33-16-34-29(26)37/h3-13,16-18,22H,14-15H2,1-2H3,(H2,32,33,34)(H,35,36,40)/t17-,18+,22-/m0/s1. The lowest BCUT2D eigenvalue weighted by Gasteiger charge is -2.29. The first kappa shape index (κ1) is 25.9. The van der Waals surface area contributed by atoms with Crippen LogP contribution in [0.25, 0.3) is 33.1 Å². The van der Waals surface area contributed by atoms with E-state index in [1.165, 1.54) is 6.33 Å². The molecule has 0 bridgehead atoms. The number of hydrogen-bond donors (Lipinski definition) is 2. The zero-order chi connectivity index (χ0) is 28.0. The van der Waals surface area contributed by atoms with Crippen LogP contribution in [0.4, 0.5) is 11.6 Å². The Labute approximate surface area is 239 Å². The van der Waals surface area contributed by atoms with Gasteiger partial charge in [-0.25, -0.2) is 15.0 Å². The summed E-state index contributed by atoms with van der Waals surface area (Å²) >= 11 is 3.34. The molecule has 9 nitrogen and oxygen atoms in total. The SMILES string of the molecule is C[C@@H]1[C@@H](C)C[C@@H](C(=O)Nc2cccc(Br)n2)N1C(=O)Cn1c2ncnc(N)c2c2cccc(-c3ccccc3)c21. The van der Waals surface area contributed by atoms with Crippen LogP contribution in [0.15, 0.2) is 77.7 Å². The topological polar surface area (TPSA) is 119 Å². The maximum Gasteiger partial charge on any atom is 0.248 e. The molecule has 0 aliphatic carbocycles. The number of carbonyl (C=O) groups is 2. The van der Waals surface area contributed by atoms with Crippen LogP contribution in [0.1, 0.15) is 20.3 Å². The number of nitrogens with one attached hydrogen (secondary N) is 1. The minimum absolute atomic E-state index is 0.00370. The molecule has 1 aliphatic heterocycles. The molecule has 0 saturated carbocycles. The van der Waals surface area contributed by atoms with Crippen molar-refractivity contribution in [3.8, 4) is 11.1 Å². The van der Waals surface area contributed by atoms with Gasteiger partial charge in [-0.1, -0.05) is 61.5 Å². The summed E-state index contributed by atoms with van der Waals surface area (Å²) in [5.41, 5.74) is 9.75. The molecular weight excluding hydrogens is 570 g/mol. The molecule has 0 radical (unpaired) electrons. The molecule has 0 unspecified atom stereocenters. The van der Waals surface area contributed by atoms with E-state index >= 15 is 0 Å². The molecule has 3 N–H and O–H groups in total. The molecule has 3 aromatic heterocycles. The van der Waals surface area contributed by atoms with Crippen molar-refractivity contribution < 1.29 is 9.59 Å². The highest BCUT2D eigenvalue weighted by molar-refractivity contribution is 9.10. The molecule has 10 heteroatoms. The Balaban J connectivity index is 1.42. The number of hydrogen-bond acceptors (Lipinski definition) is 6. The van der Waals surface area contributed by atoms with E-state index in [4.69, 9.17) is 5.73 Å². The second-order valence-corrected chi connectivity index (χ2v) is 11.0. The summed E-state index contributed by atoms with van der Waals surface area (Å²) in [7, 11) is 0. The van der Waals surface area contributed by atoms with Gasteiger partial charge in [0.05, 0.1) is 10.9 Å². The number of pyridine rings is 1. The first-order valence-electron chi connectivity index (χ1n) is 13.1. The van der Waals surface area contributed by atoms with Crippen molar-refractivity contribution in [3.63, 3.8) is 0 Å². The number of benzene rings is 2. The lowest BCUT2D eigenvalue weighted by Crippen LogP contribution is -2.47. The zero-order valence-corrected chi connectivity index (χ0v) is 23.7. The number of likely N-dealkylation sites (tertiary alicyclic amines) is 1. The quantitative estimate of drug-likeness (QED) is 0.267. The van der Waals surface area contributed by atoms with Crippen molar-refractivity contribution in [2.75, 3.05) is 11.1 Å². The Morgan fingerprint density at radius 3 is 2.58 bits per heavy atom. The van der Waals surface area contributed by atoms with Crippen LogP contribution in [-0.2, 0) is 16.1 Å². The van der Waals surface area contributed by atoms with Crippen molar-refractivity contribution in [3.05, 3.63) is 77.7 Å². The molecule has 1 saturated heterocycles. The minimum atomic E-state index is -0.625. The molecule has 3 atom stereocenters. The number of carbonyl (C=O) groups excluding carboxylic acids is 2. The molecule has 4 heterocycles. The fourth-order valence-electron chi connectivity index (χ4n) is 5.76. The average molecular weight is 599 g/mol. The van der Waals surface area contributed by atoms with Crippen LogP contribution < -0.4 is 11.1 Å². The summed E-state index contributed by atoms with van der Waals surface area (Å²) in [5.74, 6) is 0.507. The Morgan fingerprint density at radius 1 is 1.02 bits per heavy atom. The molecule has 40 heavy (non-hydrogen) atoms. The van der Waals surface area contributed by atoms with Gasteiger partial charge in [0.25, 0.3) is 0 Å². The van der Waals surface area contributed by atoms with E-state index in [1.54, 1.807) is 23.1 Å². The molecular formula is C30H28BrN7O2. The Kier molecular flexibility index (Phi) is 6.71. The number of nitrogens with zero attached hydrogens (tertiary/aromatic N) is 5. The van der Waals surface area contributed by atoms with Gasteiger partial charge in [-0.3, -0.25) is 9.59 Å². The molecule has 1 fully saturated rings. The van der Waals surface area contributed by atoms with Crippen LogP contribution in [0.3, 0.4) is 0 Å². The van der Waals surface area contributed by atoms with Crippen LogP contribution in [0, 0.1) is 5.92 Å². The predicted octanol–water partition coefficient (Wildman–Crippen LogP) is 5.26. The Bertz CT molecular complexity index is 1750. The van der Waals surface area contributed by atoms with E-state index in [0.717, 1.165) is 22.0 Å². The Morgan fingerprint density at radius 2 is 1.80 bits per heavy atom. The van der Waals surface area contributed by atoms with Gasteiger partial charge in [-0.05, 0) is 52.9 Å². The van der Waals surface area contributed by atoms with Crippen molar-refractivity contribution >= 4 is 61.3 Å². The monoisotopic (exact) mass is 597 g/mol. The van der Waals surface area contributed by atoms with Gasteiger partial charge >= 0.3 is 0 Å². The highest BCUT2D eigenvalue weighted by Crippen LogP contribution is 2.38. The third kappa shape index (κ3) is 4.48. The average Bonchev–Trinajstić information content (AvgIpc) is 3.43. The first-order valence-corrected chi connectivity index (χ1v) is 13.9. The summed E-state index contributed by atoms with van der Waals surface area (Å²) in [6.45, 7) is 4.06. The van der Waals surface area contributed by atoms with Gasteiger partial charge in [0.1, 0.15) is 40.8 Å². The molecule has 2 aromatic carbocycles. The number of rotatable bonds is 5. The number of nitrogen functional groups attached to an aromatic ring is 1. The van der Waals surface area contributed by atoms with E-state index < -0.39 is 6.04 Å². The number of anilines is 2. The van der Waals surface area contributed by atoms with Gasteiger partial charge in [0.15, 0.2) is 0 Å². The molecule has 2 amide bonds. The zero-order valence-electron chi connectivity index (χ0n) is 22.1. The molecule has 6 rings (SSSR count). The van der Waals surface area contributed by atoms with Crippen molar-refractivity contribution in [2.24, 2.45) is 5.92 Å². The van der Waals surface area contributed by atoms with E-state index in [-0.39, 0.29) is 30.3 Å². The summed E-state index contributed by atoms with van der Waals surface area (Å²) in [6, 6.07) is 20.6. The number of fused-ring (bicyclic) bond motifs is 3. The minimum Gasteiger partial charge on any atom is -0.383 e. The van der Waals surface area contributed by atoms with Gasteiger partial charge in [0.2, 0.25) is 11.8 Å². The summed E-state index contributed by atoms with van der Waals surface area (Å²) in [5, 5.41) is 4.47. The molecule has 1 aliphatic rings. The van der Waals surface area contributed by atoms with Gasteiger partial charge < -0.3 is 20.5 Å². The van der Waals surface area contributed by atoms with Gasteiger partial charge in [-0.15, -0.1) is 0 Å². The summed E-state index contributed by atoms with van der Waals surface area (Å²) in [6.07, 6.45) is 1.98. The van der Waals surface area contributed by atoms with Gasteiger partial charge in [-0.2, -0.15) is 0 Å². The van der Waals surface area contributed by atoms with Gasteiger partial charge in [0, 0.05) is 17.0 Å². The largest absolute Gasteiger partial charge is 0.383 e. The van der Waals surface area contributed by atoms with Crippen LogP contribution in [-0.4, -0.2) is 48.3 Å². The van der Waals surface area contributed by atoms with E-state index in [1.807, 2.05) is 60.0 Å². The molecule has 202 valence electrons. The highest BCUT2D eigenvalue weighted by atomic mass is 79.9. The fraction of sp³-hybridized carbons (Fsp3) is 0.233.